The van der Waals surface area contributed by atoms with E-state index in [0.717, 1.165) is 10.6 Å². The average Bonchev–Trinajstić information content (AvgIpc) is 3.24. The molecule has 0 radical (unpaired) electrons. The van der Waals surface area contributed by atoms with Crippen molar-refractivity contribution in [2.75, 3.05) is 6.61 Å². The van der Waals surface area contributed by atoms with Crippen LogP contribution in [0, 0.1) is 5.82 Å². The van der Waals surface area contributed by atoms with Gasteiger partial charge in [-0.25, -0.2) is 9.37 Å². The van der Waals surface area contributed by atoms with Gasteiger partial charge in [-0.15, -0.1) is 11.3 Å². The summed E-state index contributed by atoms with van der Waals surface area (Å²) in [5.41, 5.74) is 1.52. The third kappa shape index (κ3) is 3.93. The number of carbonyl (C=O) groups excluding carboxylic acids is 2. The van der Waals surface area contributed by atoms with Crippen LogP contribution in [0.2, 0.25) is 0 Å². The molecular formula is C17H12FNO3S2. The molecule has 0 saturated carbocycles. The van der Waals surface area contributed by atoms with Crippen molar-refractivity contribution in [3.8, 4) is 10.6 Å². The largest absolute Gasteiger partial charge is 0.457 e. The molecule has 4 nitrogen and oxygen atoms in total. The first kappa shape index (κ1) is 16.5. The highest BCUT2D eigenvalue weighted by Crippen LogP contribution is 2.25. The SMILES string of the molecule is O=C(Cc1csc(-c2ccsc2)n1)OCC(=O)c1ccccc1F. The Hall–Kier alpha value is -2.38. The topological polar surface area (TPSA) is 56.3 Å². The summed E-state index contributed by atoms with van der Waals surface area (Å²) in [6.45, 7) is -0.485. The van der Waals surface area contributed by atoms with Gasteiger partial charge in [0.1, 0.15) is 10.8 Å². The molecule has 122 valence electrons. The van der Waals surface area contributed by atoms with Gasteiger partial charge in [-0.2, -0.15) is 11.3 Å². The fourth-order valence-corrected chi connectivity index (χ4v) is 3.55. The summed E-state index contributed by atoms with van der Waals surface area (Å²) in [6.07, 6.45) is -0.0226. The van der Waals surface area contributed by atoms with Crippen LogP contribution >= 0.6 is 22.7 Å². The number of thiazole rings is 1. The van der Waals surface area contributed by atoms with Crippen molar-refractivity contribution in [2.24, 2.45) is 0 Å². The fraction of sp³-hybridized carbons (Fsp3) is 0.118. The minimum Gasteiger partial charge on any atom is -0.457 e. The van der Waals surface area contributed by atoms with E-state index in [-0.39, 0.29) is 12.0 Å². The normalized spacial score (nSPS) is 10.5. The van der Waals surface area contributed by atoms with E-state index < -0.39 is 24.2 Å². The maximum atomic E-state index is 13.5. The number of nitrogens with zero attached hydrogens (tertiary/aromatic N) is 1. The van der Waals surface area contributed by atoms with E-state index in [1.807, 2.05) is 16.8 Å². The molecule has 3 rings (SSSR count). The van der Waals surface area contributed by atoms with Gasteiger partial charge in [0.15, 0.2) is 6.61 Å². The molecule has 0 N–H and O–H groups in total. The summed E-state index contributed by atoms with van der Waals surface area (Å²) >= 11 is 3.02. The maximum Gasteiger partial charge on any atom is 0.312 e. The Labute approximate surface area is 145 Å². The molecule has 0 spiro atoms. The summed E-state index contributed by atoms with van der Waals surface area (Å²) in [4.78, 5) is 28.1. The first-order valence-corrected chi connectivity index (χ1v) is 8.86. The molecule has 0 aliphatic carbocycles. The van der Waals surface area contributed by atoms with Crippen molar-refractivity contribution in [2.45, 2.75) is 6.42 Å². The van der Waals surface area contributed by atoms with Crippen molar-refractivity contribution in [3.63, 3.8) is 0 Å². The van der Waals surface area contributed by atoms with Crippen LogP contribution in [0.4, 0.5) is 4.39 Å². The predicted molar refractivity (Wildman–Crippen MR) is 90.8 cm³/mol. The van der Waals surface area contributed by atoms with E-state index in [4.69, 9.17) is 4.74 Å². The van der Waals surface area contributed by atoms with Gasteiger partial charge in [-0.1, -0.05) is 12.1 Å². The molecule has 0 amide bonds. The summed E-state index contributed by atoms with van der Waals surface area (Å²) in [6, 6.07) is 7.55. The second-order valence-corrected chi connectivity index (χ2v) is 6.53. The van der Waals surface area contributed by atoms with Crippen LogP contribution in [0.25, 0.3) is 10.6 Å². The molecule has 0 unspecified atom stereocenters. The lowest BCUT2D eigenvalue weighted by atomic mass is 10.1. The van der Waals surface area contributed by atoms with Gasteiger partial charge in [-0.3, -0.25) is 9.59 Å². The molecule has 0 aliphatic heterocycles. The van der Waals surface area contributed by atoms with Gasteiger partial charge in [0, 0.05) is 16.3 Å². The second kappa shape index (κ2) is 7.46. The Morgan fingerprint density at radius 2 is 2.00 bits per heavy atom. The predicted octanol–water partition coefficient (Wildman–Crippen LogP) is 3.98. The van der Waals surface area contributed by atoms with E-state index in [1.54, 1.807) is 22.8 Å². The zero-order chi connectivity index (χ0) is 16.9. The standard InChI is InChI=1S/C17H12FNO3S2/c18-14-4-2-1-3-13(14)15(20)8-22-16(21)7-12-10-24-17(19-12)11-5-6-23-9-11/h1-6,9-10H,7-8H2. The van der Waals surface area contributed by atoms with Crippen LogP contribution in [0.5, 0.6) is 0 Å². The van der Waals surface area contributed by atoms with Crippen molar-refractivity contribution >= 4 is 34.4 Å². The fourth-order valence-electron chi connectivity index (χ4n) is 2.02. The lowest BCUT2D eigenvalue weighted by molar-refractivity contribution is -0.141. The van der Waals surface area contributed by atoms with Crippen molar-refractivity contribution in [3.05, 3.63) is 63.5 Å². The Morgan fingerprint density at radius 1 is 1.17 bits per heavy atom. The van der Waals surface area contributed by atoms with Gasteiger partial charge >= 0.3 is 5.97 Å². The lowest BCUT2D eigenvalue weighted by Crippen LogP contribution is -2.16. The summed E-state index contributed by atoms with van der Waals surface area (Å²) in [7, 11) is 0. The number of ketones is 1. The molecule has 0 fully saturated rings. The number of esters is 1. The Balaban J connectivity index is 1.55. The molecule has 0 atom stereocenters. The number of hydrogen-bond donors (Lipinski definition) is 0. The van der Waals surface area contributed by atoms with Crippen LogP contribution in [-0.4, -0.2) is 23.3 Å². The number of carbonyl (C=O) groups is 2. The number of rotatable bonds is 6. The summed E-state index contributed by atoms with van der Waals surface area (Å²) in [5, 5.41) is 6.56. The highest BCUT2D eigenvalue weighted by molar-refractivity contribution is 7.14. The van der Waals surface area contributed by atoms with Crippen LogP contribution in [0.3, 0.4) is 0 Å². The van der Waals surface area contributed by atoms with E-state index in [9.17, 15) is 14.0 Å². The highest BCUT2D eigenvalue weighted by atomic mass is 32.1. The minimum atomic E-state index is -0.626. The van der Waals surface area contributed by atoms with E-state index in [1.165, 1.54) is 29.5 Å². The van der Waals surface area contributed by atoms with Gasteiger partial charge in [0.25, 0.3) is 0 Å². The van der Waals surface area contributed by atoms with Crippen molar-refractivity contribution < 1.29 is 18.7 Å². The molecule has 2 heterocycles. The first-order chi connectivity index (χ1) is 11.6. The molecule has 2 aromatic heterocycles. The number of halogens is 1. The van der Waals surface area contributed by atoms with Crippen LogP contribution in [0.1, 0.15) is 16.1 Å². The van der Waals surface area contributed by atoms with Gasteiger partial charge in [-0.05, 0) is 23.6 Å². The molecule has 1 aromatic carbocycles. The van der Waals surface area contributed by atoms with Crippen LogP contribution < -0.4 is 0 Å². The van der Waals surface area contributed by atoms with E-state index in [0.29, 0.717) is 5.69 Å². The Bertz CT molecular complexity index is 858. The highest BCUT2D eigenvalue weighted by Gasteiger charge is 2.15. The average molecular weight is 361 g/mol. The molecule has 7 heteroatoms. The van der Waals surface area contributed by atoms with Gasteiger partial charge in [0.05, 0.1) is 17.7 Å². The van der Waals surface area contributed by atoms with Crippen LogP contribution in [-0.2, 0) is 16.0 Å². The Kier molecular flexibility index (Phi) is 5.12. The third-order valence-corrected chi connectivity index (χ3v) is 4.81. The first-order valence-electron chi connectivity index (χ1n) is 7.04. The molecule has 0 aliphatic rings. The Morgan fingerprint density at radius 3 is 2.75 bits per heavy atom. The smallest absolute Gasteiger partial charge is 0.312 e. The van der Waals surface area contributed by atoms with E-state index in [2.05, 4.69) is 4.98 Å². The number of aromatic nitrogens is 1. The summed E-state index contributed by atoms with van der Waals surface area (Å²) < 4.78 is 18.4. The number of benzene rings is 1. The second-order valence-electron chi connectivity index (χ2n) is 4.90. The zero-order valence-corrected chi connectivity index (χ0v) is 14.0. The lowest BCUT2D eigenvalue weighted by Gasteiger charge is -2.04. The van der Waals surface area contributed by atoms with Crippen LogP contribution in [0.15, 0.2) is 46.5 Å². The van der Waals surface area contributed by atoms with Gasteiger partial charge < -0.3 is 4.74 Å². The summed E-state index contributed by atoms with van der Waals surface area (Å²) in [5.74, 6) is -1.76. The molecule has 24 heavy (non-hydrogen) atoms. The van der Waals surface area contributed by atoms with Crippen molar-refractivity contribution in [1.29, 1.82) is 0 Å². The van der Waals surface area contributed by atoms with E-state index >= 15 is 0 Å². The minimum absolute atomic E-state index is 0.0226. The number of thiophene rings is 1. The molecule has 0 saturated heterocycles. The quantitative estimate of drug-likeness (QED) is 0.492. The molecule has 3 aromatic rings. The monoisotopic (exact) mass is 361 g/mol. The number of hydrogen-bond acceptors (Lipinski definition) is 6. The zero-order valence-electron chi connectivity index (χ0n) is 12.4. The molecule has 0 bridgehead atoms. The van der Waals surface area contributed by atoms with Gasteiger partial charge in [0.2, 0.25) is 5.78 Å². The third-order valence-electron chi connectivity index (χ3n) is 3.18. The van der Waals surface area contributed by atoms with Crippen molar-refractivity contribution in [1.82, 2.24) is 4.98 Å². The number of ether oxygens (including phenoxy) is 1. The molecular weight excluding hydrogens is 349 g/mol. The number of Topliss-reactive ketones (excluding diaryl/α,β-unsaturated/α-hetero) is 1. The maximum absolute atomic E-state index is 13.5.